The predicted molar refractivity (Wildman–Crippen MR) is 54.5 cm³/mol. The predicted octanol–water partition coefficient (Wildman–Crippen LogP) is 0.780. The molecule has 0 N–H and O–H groups in total. The molecule has 1 heterocycles. The molecule has 0 aliphatic carbocycles. The van der Waals surface area contributed by atoms with Crippen molar-refractivity contribution in [2.75, 3.05) is 12.3 Å². The summed E-state index contributed by atoms with van der Waals surface area (Å²) in [6.45, 7) is 5.89. The van der Waals surface area contributed by atoms with Crippen LogP contribution in [0.25, 0.3) is 0 Å². The number of rotatable bonds is 3. The second kappa shape index (κ2) is 3.62. The molecule has 1 aliphatic heterocycles. The van der Waals surface area contributed by atoms with Crippen LogP contribution in [-0.2, 0) is 14.8 Å². The van der Waals surface area contributed by atoms with E-state index in [1.807, 2.05) is 13.8 Å². The van der Waals surface area contributed by atoms with E-state index in [0.717, 1.165) is 0 Å². The van der Waals surface area contributed by atoms with Crippen molar-refractivity contribution in [1.29, 1.82) is 0 Å². The van der Waals surface area contributed by atoms with E-state index in [0.29, 0.717) is 19.4 Å². The van der Waals surface area contributed by atoms with Gasteiger partial charge in [0.05, 0.1) is 5.54 Å². The fourth-order valence-electron chi connectivity index (χ4n) is 2.28. The Labute approximate surface area is 85.3 Å². The first-order valence-corrected chi connectivity index (χ1v) is 6.59. The summed E-state index contributed by atoms with van der Waals surface area (Å²) in [5.74, 6) is -0.466. The van der Waals surface area contributed by atoms with Crippen molar-refractivity contribution in [3.63, 3.8) is 0 Å². The molecule has 4 nitrogen and oxygen atoms in total. The van der Waals surface area contributed by atoms with Gasteiger partial charge >= 0.3 is 0 Å². The number of carbonyl (C=O) groups excluding carboxylic acids is 1. The molecule has 1 fully saturated rings. The van der Waals surface area contributed by atoms with E-state index in [-0.39, 0.29) is 11.5 Å². The summed E-state index contributed by atoms with van der Waals surface area (Å²) in [5, 5.41) is 0. The van der Waals surface area contributed by atoms with E-state index < -0.39 is 15.6 Å². The summed E-state index contributed by atoms with van der Waals surface area (Å²) in [6.07, 6.45) is 1.13. The fraction of sp³-hybridized carbons (Fsp3) is 0.889. The zero-order valence-electron chi connectivity index (χ0n) is 8.91. The third-order valence-corrected chi connectivity index (χ3v) is 5.01. The third kappa shape index (κ3) is 1.39. The number of carbonyl (C=O) groups is 1. The normalized spacial score (nSPS) is 25.5. The van der Waals surface area contributed by atoms with E-state index in [1.165, 1.54) is 4.31 Å². The third-order valence-electron chi connectivity index (χ3n) is 3.10. The van der Waals surface area contributed by atoms with Crippen LogP contribution in [0.2, 0.25) is 0 Å². The lowest BCUT2D eigenvalue weighted by molar-refractivity contribution is -0.124. The van der Waals surface area contributed by atoms with Crippen LogP contribution >= 0.6 is 0 Å². The van der Waals surface area contributed by atoms with Crippen molar-refractivity contribution in [1.82, 2.24) is 4.31 Å². The maximum Gasteiger partial charge on any atom is 0.222 e. The van der Waals surface area contributed by atoms with Gasteiger partial charge in [-0.2, -0.15) is 4.31 Å². The molecule has 0 radical (unpaired) electrons. The molecular formula is C9H17NO3S. The highest BCUT2D eigenvalue weighted by atomic mass is 32.2. The lowest BCUT2D eigenvalue weighted by atomic mass is 9.89. The first-order valence-electron chi connectivity index (χ1n) is 4.98. The van der Waals surface area contributed by atoms with Crippen LogP contribution in [0.1, 0.15) is 33.6 Å². The summed E-state index contributed by atoms with van der Waals surface area (Å²) in [7, 11) is -3.33. The summed E-state index contributed by atoms with van der Waals surface area (Å²) in [5.41, 5.74) is -0.756. The first-order chi connectivity index (χ1) is 6.44. The Morgan fingerprint density at radius 3 is 2.07 bits per heavy atom. The maximum absolute atomic E-state index is 11.7. The van der Waals surface area contributed by atoms with Crippen LogP contribution in [0.15, 0.2) is 0 Å². The van der Waals surface area contributed by atoms with Crippen molar-refractivity contribution in [2.24, 2.45) is 0 Å². The van der Waals surface area contributed by atoms with E-state index in [9.17, 15) is 13.2 Å². The van der Waals surface area contributed by atoms with Crippen molar-refractivity contribution in [3.05, 3.63) is 0 Å². The van der Waals surface area contributed by atoms with Gasteiger partial charge in [-0.05, 0) is 12.8 Å². The van der Waals surface area contributed by atoms with Crippen molar-refractivity contribution in [2.45, 2.75) is 39.2 Å². The lowest BCUT2D eigenvalue weighted by Gasteiger charge is -2.32. The van der Waals surface area contributed by atoms with Crippen molar-refractivity contribution < 1.29 is 13.2 Å². The summed E-state index contributed by atoms with van der Waals surface area (Å²) >= 11 is 0. The number of nitrogens with zero attached hydrogens (tertiary/aromatic N) is 1. The molecule has 0 bridgehead atoms. The van der Waals surface area contributed by atoms with Crippen LogP contribution in [0.4, 0.5) is 0 Å². The highest BCUT2D eigenvalue weighted by molar-refractivity contribution is 7.90. The molecule has 82 valence electrons. The van der Waals surface area contributed by atoms with Crippen molar-refractivity contribution >= 4 is 15.8 Å². The second-order valence-corrected chi connectivity index (χ2v) is 5.48. The average Bonchev–Trinajstić information content (AvgIpc) is 2.31. The van der Waals surface area contributed by atoms with Crippen molar-refractivity contribution in [3.8, 4) is 0 Å². The molecule has 0 atom stereocenters. The van der Waals surface area contributed by atoms with Gasteiger partial charge in [-0.25, -0.2) is 8.42 Å². The van der Waals surface area contributed by atoms with E-state index in [1.54, 1.807) is 6.92 Å². The van der Waals surface area contributed by atoms with Gasteiger partial charge in [0, 0.05) is 6.54 Å². The second-order valence-electron chi connectivity index (χ2n) is 3.58. The molecule has 5 heteroatoms. The van der Waals surface area contributed by atoms with Gasteiger partial charge in [0.15, 0.2) is 5.78 Å². The van der Waals surface area contributed by atoms with E-state index in [2.05, 4.69) is 0 Å². The molecule has 0 saturated carbocycles. The molecule has 0 aromatic heterocycles. The average molecular weight is 219 g/mol. The van der Waals surface area contributed by atoms with Gasteiger partial charge in [0.25, 0.3) is 0 Å². The molecule has 1 saturated heterocycles. The first kappa shape index (κ1) is 11.7. The minimum Gasteiger partial charge on any atom is -0.296 e. The number of ketones is 1. The summed E-state index contributed by atoms with van der Waals surface area (Å²) < 4.78 is 24.6. The molecule has 0 spiro atoms. The Kier molecular flexibility index (Phi) is 3.02. The molecule has 1 aliphatic rings. The monoisotopic (exact) mass is 219 g/mol. The van der Waals surface area contributed by atoms with Gasteiger partial charge < -0.3 is 0 Å². The van der Waals surface area contributed by atoms with Crippen LogP contribution < -0.4 is 0 Å². The largest absolute Gasteiger partial charge is 0.296 e. The minimum absolute atomic E-state index is 0.149. The Balaban J connectivity index is 3.24. The molecule has 0 aromatic rings. The number of likely N-dealkylation sites (N-methyl/N-ethyl adjacent to an activating group) is 1. The van der Waals surface area contributed by atoms with Crippen LogP contribution in [-0.4, -0.2) is 36.3 Å². The Bertz CT molecular complexity index is 330. The zero-order valence-corrected chi connectivity index (χ0v) is 9.73. The Morgan fingerprint density at radius 1 is 1.29 bits per heavy atom. The van der Waals surface area contributed by atoms with Gasteiger partial charge in [-0.15, -0.1) is 0 Å². The van der Waals surface area contributed by atoms with Gasteiger partial charge in [-0.1, -0.05) is 20.8 Å². The summed E-state index contributed by atoms with van der Waals surface area (Å²) in [6, 6.07) is 0. The van der Waals surface area contributed by atoms with Gasteiger partial charge in [-0.3, -0.25) is 4.79 Å². The summed E-state index contributed by atoms with van der Waals surface area (Å²) in [4.78, 5) is 11.7. The van der Waals surface area contributed by atoms with E-state index >= 15 is 0 Å². The minimum atomic E-state index is -3.33. The Morgan fingerprint density at radius 2 is 1.79 bits per heavy atom. The standard InChI is InChI=1S/C9H17NO3S/c1-4-9(5-2)8(11)7-14(12,13)10(9)6-3/h4-7H2,1-3H3. The smallest absolute Gasteiger partial charge is 0.222 e. The fourth-order valence-corrected chi connectivity index (χ4v) is 4.32. The van der Waals surface area contributed by atoms with Crippen LogP contribution in [0.5, 0.6) is 0 Å². The number of hydrogen-bond donors (Lipinski definition) is 0. The molecule has 14 heavy (non-hydrogen) atoms. The van der Waals surface area contributed by atoms with Gasteiger partial charge in [0.1, 0.15) is 5.75 Å². The topological polar surface area (TPSA) is 54.5 Å². The maximum atomic E-state index is 11.7. The molecule has 0 aromatic carbocycles. The molecule has 1 rings (SSSR count). The zero-order chi connectivity index (χ0) is 11.0. The number of sulfonamides is 1. The number of hydrogen-bond acceptors (Lipinski definition) is 3. The Hall–Kier alpha value is -0.420. The highest BCUT2D eigenvalue weighted by Crippen LogP contribution is 2.34. The van der Waals surface area contributed by atoms with Crippen LogP contribution in [0.3, 0.4) is 0 Å². The van der Waals surface area contributed by atoms with E-state index in [4.69, 9.17) is 0 Å². The molecular weight excluding hydrogens is 202 g/mol. The lowest BCUT2D eigenvalue weighted by Crippen LogP contribution is -2.48. The molecule has 0 unspecified atom stereocenters. The quantitative estimate of drug-likeness (QED) is 0.705. The highest BCUT2D eigenvalue weighted by Gasteiger charge is 2.53. The number of Topliss-reactive ketones (excluding diaryl/α,β-unsaturated/α-hetero) is 1. The SMILES string of the molecule is CCN1C(CC)(CC)C(=O)CS1(=O)=O. The van der Waals surface area contributed by atoms with Gasteiger partial charge in [0.2, 0.25) is 10.0 Å². The molecule has 0 amide bonds. The van der Waals surface area contributed by atoms with Crippen LogP contribution in [0, 0.1) is 0 Å².